The highest BCUT2D eigenvalue weighted by molar-refractivity contribution is 8.16. The maximum atomic E-state index is 12.1. The molecule has 1 atom stereocenters. The predicted molar refractivity (Wildman–Crippen MR) is 112 cm³/mol. The molecule has 2 amide bonds. The van der Waals surface area contributed by atoms with E-state index in [0.29, 0.717) is 11.1 Å². The third kappa shape index (κ3) is 6.37. The first-order chi connectivity index (χ1) is 12.7. The number of urea groups is 1. The number of β-amino-alcohol motifs (C(OH)–C–C–N with tert-alkyl or cyclic N) is 1. The van der Waals surface area contributed by atoms with Crippen molar-refractivity contribution in [3.05, 3.63) is 29.8 Å². The highest BCUT2D eigenvalue weighted by Gasteiger charge is 2.18. The van der Waals surface area contributed by atoms with E-state index in [9.17, 15) is 9.90 Å². The van der Waals surface area contributed by atoms with Crippen molar-refractivity contribution in [2.24, 2.45) is 0 Å². The van der Waals surface area contributed by atoms with Gasteiger partial charge in [0, 0.05) is 18.8 Å². The number of carbonyl (C=O) groups is 1. The number of thioether (sulfide) groups is 2. The summed E-state index contributed by atoms with van der Waals surface area (Å²) >= 11 is 3.94. The molecular weight excluding hydrogens is 366 g/mol. The lowest BCUT2D eigenvalue weighted by Gasteiger charge is -2.28. The van der Waals surface area contributed by atoms with Gasteiger partial charge in [-0.15, -0.1) is 23.5 Å². The van der Waals surface area contributed by atoms with Gasteiger partial charge in [0.15, 0.2) is 0 Å². The fourth-order valence-electron chi connectivity index (χ4n) is 3.33. The van der Waals surface area contributed by atoms with E-state index in [-0.39, 0.29) is 12.6 Å². The van der Waals surface area contributed by atoms with Crippen molar-refractivity contribution in [3.63, 3.8) is 0 Å². The zero-order valence-electron chi connectivity index (χ0n) is 15.2. The number of carbonyl (C=O) groups excluding carboxylic acids is 1. The molecule has 5 nitrogen and oxygen atoms in total. The van der Waals surface area contributed by atoms with Gasteiger partial charge in [-0.1, -0.05) is 18.6 Å². The molecule has 7 heteroatoms. The van der Waals surface area contributed by atoms with Crippen LogP contribution in [0.4, 0.5) is 10.5 Å². The van der Waals surface area contributed by atoms with Crippen molar-refractivity contribution < 1.29 is 9.90 Å². The molecule has 0 aliphatic carbocycles. The van der Waals surface area contributed by atoms with E-state index in [1.54, 1.807) is 0 Å². The minimum Gasteiger partial charge on any atom is -0.390 e. The Hall–Kier alpha value is -0.890. The molecule has 2 aliphatic heterocycles. The molecule has 2 saturated heterocycles. The van der Waals surface area contributed by atoms with Crippen molar-refractivity contribution in [2.75, 3.05) is 43.0 Å². The van der Waals surface area contributed by atoms with Crippen molar-refractivity contribution in [3.8, 4) is 0 Å². The molecule has 144 valence electrons. The van der Waals surface area contributed by atoms with Crippen LogP contribution in [0.3, 0.4) is 0 Å². The van der Waals surface area contributed by atoms with Gasteiger partial charge in [-0.3, -0.25) is 0 Å². The standard InChI is InChI=1S/C19H29N3O2S2/c23-17(14-22-8-2-1-3-9-22)13-20-19(24)21-16-7-4-6-15(12-16)18-25-10-5-11-26-18/h4,6-7,12,17-18,23H,1-3,5,8-11,13-14H2,(H2,20,21,24). The molecule has 0 saturated carbocycles. The molecular formula is C19H29N3O2S2. The smallest absolute Gasteiger partial charge is 0.319 e. The van der Waals surface area contributed by atoms with Crippen molar-refractivity contribution in [2.45, 2.75) is 36.4 Å². The lowest BCUT2D eigenvalue weighted by atomic mass is 10.1. The number of rotatable bonds is 6. The van der Waals surface area contributed by atoms with Gasteiger partial charge in [-0.05, 0) is 61.6 Å². The number of aliphatic hydroxyl groups excluding tert-OH is 1. The van der Waals surface area contributed by atoms with E-state index in [0.717, 1.165) is 18.8 Å². The van der Waals surface area contributed by atoms with Gasteiger partial charge in [-0.25, -0.2) is 4.79 Å². The first-order valence-electron chi connectivity index (χ1n) is 9.49. The summed E-state index contributed by atoms with van der Waals surface area (Å²) in [6, 6.07) is 7.82. The number of aliphatic hydroxyl groups is 1. The Morgan fingerprint density at radius 3 is 2.73 bits per heavy atom. The fourth-order valence-corrected chi connectivity index (χ4v) is 6.21. The SMILES string of the molecule is O=C(NCC(O)CN1CCCCC1)Nc1cccc(C2SCCCS2)c1. The van der Waals surface area contributed by atoms with E-state index in [2.05, 4.69) is 27.7 Å². The summed E-state index contributed by atoms with van der Waals surface area (Å²) in [7, 11) is 0. The van der Waals surface area contributed by atoms with Crippen LogP contribution in [0.2, 0.25) is 0 Å². The number of amides is 2. The average molecular weight is 396 g/mol. The summed E-state index contributed by atoms with van der Waals surface area (Å²) < 4.78 is 0.458. The number of nitrogens with zero attached hydrogens (tertiary/aromatic N) is 1. The molecule has 0 aromatic heterocycles. The topological polar surface area (TPSA) is 64.6 Å². The lowest BCUT2D eigenvalue weighted by Crippen LogP contribution is -2.42. The minimum atomic E-state index is -0.528. The second-order valence-corrected chi connectivity index (χ2v) is 9.63. The summed E-state index contributed by atoms with van der Waals surface area (Å²) in [5.41, 5.74) is 2.06. The molecule has 0 radical (unpaired) electrons. The monoisotopic (exact) mass is 395 g/mol. The van der Waals surface area contributed by atoms with E-state index in [1.165, 1.54) is 42.8 Å². The Morgan fingerprint density at radius 2 is 1.96 bits per heavy atom. The molecule has 1 unspecified atom stereocenters. The Balaban J connectivity index is 1.42. The Labute approximate surface area is 164 Å². The molecule has 1 aromatic carbocycles. The lowest BCUT2D eigenvalue weighted by molar-refractivity contribution is 0.102. The fraction of sp³-hybridized carbons (Fsp3) is 0.632. The van der Waals surface area contributed by atoms with Gasteiger partial charge in [0.05, 0.1) is 10.7 Å². The van der Waals surface area contributed by atoms with Crippen LogP contribution in [-0.2, 0) is 0 Å². The van der Waals surface area contributed by atoms with Crippen molar-refractivity contribution >= 4 is 35.2 Å². The van der Waals surface area contributed by atoms with Gasteiger partial charge in [0.1, 0.15) is 0 Å². The van der Waals surface area contributed by atoms with E-state index >= 15 is 0 Å². The van der Waals surface area contributed by atoms with E-state index < -0.39 is 6.10 Å². The van der Waals surface area contributed by atoms with Crippen LogP contribution in [0.5, 0.6) is 0 Å². The summed E-state index contributed by atoms with van der Waals surface area (Å²) in [5.74, 6) is 2.40. The van der Waals surface area contributed by atoms with Crippen LogP contribution >= 0.6 is 23.5 Å². The van der Waals surface area contributed by atoms with Crippen LogP contribution in [0.25, 0.3) is 0 Å². The number of anilines is 1. The van der Waals surface area contributed by atoms with E-state index in [4.69, 9.17) is 0 Å². The Kier molecular flexibility index (Phi) is 7.98. The summed E-state index contributed by atoms with van der Waals surface area (Å²) in [5, 5.41) is 15.8. The van der Waals surface area contributed by atoms with E-state index in [1.807, 2.05) is 35.7 Å². The Bertz CT molecular complexity index is 576. The second kappa shape index (κ2) is 10.4. The number of nitrogens with one attached hydrogen (secondary N) is 2. The molecule has 0 bridgehead atoms. The van der Waals surface area contributed by atoms with Crippen LogP contribution in [-0.4, -0.2) is 59.8 Å². The average Bonchev–Trinajstić information content (AvgIpc) is 2.68. The zero-order chi connectivity index (χ0) is 18.2. The summed E-state index contributed by atoms with van der Waals surface area (Å²) in [6.07, 6.45) is 4.43. The molecule has 0 spiro atoms. The van der Waals surface area contributed by atoms with Gasteiger partial charge in [0.2, 0.25) is 0 Å². The summed E-state index contributed by atoms with van der Waals surface area (Å²) in [6.45, 7) is 3.00. The number of piperidine rings is 1. The number of benzene rings is 1. The van der Waals surface area contributed by atoms with Gasteiger partial charge < -0.3 is 20.6 Å². The quantitative estimate of drug-likeness (QED) is 0.688. The Morgan fingerprint density at radius 1 is 1.19 bits per heavy atom. The predicted octanol–water partition coefficient (Wildman–Crippen LogP) is 3.52. The molecule has 2 heterocycles. The normalized spacial score (nSPS) is 20.5. The van der Waals surface area contributed by atoms with Crippen molar-refractivity contribution in [1.82, 2.24) is 10.2 Å². The summed E-state index contributed by atoms with van der Waals surface area (Å²) in [4.78, 5) is 14.4. The molecule has 26 heavy (non-hydrogen) atoms. The first kappa shape index (κ1) is 19.9. The van der Waals surface area contributed by atoms with Gasteiger partial charge >= 0.3 is 6.03 Å². The zero-order valence-corrected chi connectivity index (χ0v) is 16.8. The van der Waals surface area contributed by atoms with Crippen LogP contribution < -0.4 is 10.6 Å². The number of likely N-dealkylation sites (tertiary alicyclic amines) is 1. The van der Waals surface area contributed by atoms with Crippen LogP contribution in [0.15, 0.2) is 24.3 Å². The van der Waals surface area contributed by atoms with Crippen LogP contribution in [0.1, 0.15) is 35.8 Å². The van der Waals surface area contributed by atoms with Gasteiger partial charge in [0.25, 0.3) is 0 Å². The molecule has 3 N–H and O–H groups in total. The number of hydrogen-bond donors (Lipinski definition) is 3. The first-order valence-corrected chi connectivity index (χ1v) is 11.6. The highest BCUT2D eigenvalue weighted by Crippen LogP contribution is 2.43. The molecule has 2 aliphatic rings. The minimum absolute atomic E-state index is 0.260. The molecule has 2 fully saturated rings. The number of hydrogen-bond acceptors (Lipinski definition) is 5. The van der Waals surface area contributed by atoms with Gasteiger partial charge in [-0.2, -0.15) is 0 Å². The highest BCUT2D eigenvalue weighted by atomic mass is 32.2. The maximum Gasteiger partial charge on any atom is 0.319 e. The second-order valence-electron chi connectivity index (χ2n) is 6.90. The molecule has 1 aromatic rings. The molecule has 3 rings (SSSR count). The van der Waals surface area contributed by atoms with Crippen molar-refractivity contribution in [1.29, 1.82) is 0 Å². The third-order valence-corrected chi connectivity index (χ3v) is 7.67. The maximum absolute atomic E-state index is 12.1. The van der Waals surface area contributed by atoms with Crippen LogP contribution in [0, 0.1) is 0 Å². The largest absolute Gasteiger partial charge is 0.390 e. The third-order valence-electron chi connectivity index (χ3n) is 4.66.